The van der Waals surface area contributed by atoms with Gasteiger partial charge in [0.2, 0.25) is 0 Å². The number of nitrogens with one attached hydrogen (secondary N) is 1. The Balaban J connectivity index is 3.01. The van der Waals surface area contributed by atoms with Crippen LogP contribution in [0.1, 0.15) is 34.1 Å². The molecule has 1 N–H and O–H groups in total. The third-order valence-electron chi connectivity index (χ3n) is 2.87. The minimum Gasteiger partial charge on any atom is -0.302 e. The van der Waals surface area contributed by atoms with Crippen molar-refractivity contribution in [3.8, 4) is 0 Å². The van der Waals surface area contributed by atoms with Gasteiger partial charge in [0.25, 0.3) is 0 Å². The van der Waals surface area contributed by atoms with Gasteiger partial charge in [0.15, 0.2) is 15.6 Å². The van der Waals surface area contributed by atoms with E-state index in [1.807, 2.05) is 27.7 Å². The number of sulfone groups is 1. The van der Waals surface area contributed by atoms with Crippen molar-refractivity contribution in [2.75, 3.05) is 11.5 Å². The molecule has 1 aliphatic rings. The molecule has 0 aromatic carbocycles. The monoisotopic (exact) mass is 247 g/mol. The molecule has 94 valence electrons. The molecule has 0 bridgehead atoms. The molecule has 4 nitrogen and oxygen atoms in total. The van der Waals surface area contributed by atoms with Crippen LogP contribution in [-0.2, 0) is 14.6 Å². The van der Waals surface area contributed by atoms with Crippen molar-refractivity contribution in [2.24, 2.45) is 5.92 Å². The van der Waals surface area contributed by atoms with Crippen LogP contribution in [0, 0.1) is 5.92 Å². The lowest BCUT2D eigenvalue weighted by Gasteiger charge is -2.31. The van der Waals surface area contributed by atoms with Gasteiger partial charge in [-0.15, -0.1) is 0 Å². The number of ketones is 1. The molecule has 0 aromatic heterocycles. The van der Waals surface area contributed by atoms with Gasteiger partial charge in [-0.25, -0.2) is 8.42 Å². The average Bonchev–Trinajstić information content (AvgIpc) is 2.40. The van der Waals surface area contributed by atoms with Gasteiger partial charge >= 0.3 is 0 Å². The fourth-order valence-corrected chi connectivity index (χ4v) is 4.26. The first-order chi connectivity index (χ1) is 7.18. The van der Waals surface area contributed by atoms with Crippen LogP contribution in [0.4, 0.5) is 0 Å². The van der Waals surface area contributed by atoms with Crippen molar-refractivity contribution in [3.63, 3.8) is 0 Å². The summed E-state index contributed by atoms with van der Waals surface area (Å²) >= 11 is 0. The highest BCUT2D eigenvalue weighted by molar-refractivity contribution is 7.91. The fraction of sp³-hybridized carbons (Fsp3) is 0.909. The zero-order chi connectivity index (χ0) is 12.6. The van der Waals surface area contributed by atoms with Crippen molar-refractivity contribution in [1.29, 1.82) is 0 Å². The highest BCUT2D eigenvalue weighted by Crippen LogP contribution is 2.27. The maximum atomic E-state index is 12.2. The second-order valence-electron chi connectivity index (χ2n) is 5.24. The maximum absolute atomic E-state index is 12.2. The SMILES string of the molecule is CC(C)NC1(C(=O)C(C)C)CCS(=O)(=O)C1. The minimum atomic E-state index is -3.06. The first-order valence-electron chi connectivity index (χ1n) is 5.71. The van der Waals surface area contributed by atoms with Gasteiger partial charge in [0.1, 0.15) is 0 Å². The van der Waals surface area contributed by atoms with Gasteiger partial charge in [-0.1, -0.05) is 13.8 Å². The van der Waals surface area contributed by atoms with Crippen molar-refractivity contribution in [1.82, 2.24) is 5.32 Å². The molecule has 1 fully saturated rings. The Labute approximate surface area is 97.7 Å². The van der Waals surface area contributed by atoms with E-state index in [2.05, 4.69) is 5.32 Å². The molecule has 1 saturated heterocycles. The number of Topliss-reactive ketones (excluding diaryl/α,β-unsaturated/α-hetero) is 1. The topological polar surface area (TPSA) is 63.2 Å². The van der Waals surface area contributed by atoms with E-state index in [0.29, 0.717) is 6.42 Å². The lowest BCUT2D eigenvalue weighted by atomic mass is 9.86. The second-order valence-corrected chi connectivity index (χ2v) is 7.43. The molecule has 1 heterocycles. The van der Waals surface area contributed by atoms with E-state index in [-0.39, 0.29) is 29.2 Å². The summed E-state index contributed by atoms with van der Waals surface area (Å²) in [5, 5.41) is 3.16. The predicted molar refractivity (Wildman–Crippen MR) is 64.1 cm³/mol. The van der Waals surface area contributed by atoms with Gasteiger partial charge in [-0.2, -0.15) is 0 Å². The largest absolute Gasteiger partial charge is 0.302 e. The average molecular weight is 247 g/mol. The first kappa shape index (κ1) is 13.6. The third kappa shape index (κ3) is 2.83. The molecule has 0 saturated carbocycles. The normalized spacial score (nSPS) is 28.9. The predicted octanol–water partition coefficient (Wildman–Crippen LogP) is 0.767. The molecular weight excluding hydrogens is 226 g/mol. The number of rotatable bonds is 4. The summed E-state index contributed by atoms with van der Waals surface area (Å²) < 4.78 is 23.1. The fourth-order valence-electron chi connectivity index (χ4n) is 2.33. The highest BCUT2D eigenvalue weighted by Gasteiger charge is 2.48. The summed E-state index contributed by atoms with van der Waals surface area (Å²) in [6.07, 6.45) is 0.407. The Kier molecular flexibility index (Phi) is 3.80. The quantitative estimate of drug-likeness (QED) is 0.797. The molecule has 1 atom stereocenters. The summed E-state index contributed by atoms with van der Waals surface area (Å²) in [7, 11) is -3.06. The van der Waals surface area contributed by atoms with Gasteiger partial charge in [0.05, 0.1) is 17.0 Å². The Bertz CT molecular complexity index is 373. The molecule has 5 heteroatoms. The van der Waals surface area contributed by atoms with Crippen LogP contribution in [0.15, 0.2) is 0 Å². The molecular formula is C11H21NO3S. The smallest absolute Gasteiger partial charge is 0.156 e. The van der Waals surface area contributed by atoms with E-state index in [9.17, 15) is 13.2 Å². The number of carbonyl (C=O) groups is 1. The summed E-state index contributed by atoms with van der Waals surface area (Å²) in [6, 6.07) is 0.107. The van der Waals surface area contributed by atoms with Gasteiger partial charge in [-0.3, -0.25) is 4.79 Å². The van der Waals surface area contributed by atoms with E-state index in [0.717, 1.165) is 0 Å². The zero-order valence-corrected chi connectivity index (χ0v) is 11.2. The standard InChI is InChI=1S/C11H21NO3S/c1-8(2)10(13)11(12-9(3)4)5-6-16(14,15)7-11/h8-9,12H,5-7H2,1-4H3. The van der Waals surface area contributed by atoms with E-state index >= 15 is 0 Å². The Morgan fingerprint density at radius 1 is 1.25 bits per heavy atom. The molecule has 0 aromatic rings. The van der Waals surface area contributed by atoms with Crippen molar-refractivity contribution in [2.45, 2.75) is 45.7 Å². The first-order valence-corrected chi connectivity index (χ1v) is 7.53. The summed E-state index contributed by atoms with van der Waals surface area (Å²) in [5.74, 6) is -0.0535. The van der Waals surface area contributed by atoms with Crippen LogP contribution in [0.25, 0.3) is 0 Å². The number of hydrogen-bond acceptors (Lipinski definition) is 4. The zero-order valence-electron chi connectivity index (χ0n) is 10.4. The lowest BCUT2D eigenvalue weighted by molar-refractivity contribution is -0.127. The maximum Gasteiger partial charge on any atom is 0.156 e. The van der Waals surface area contributed by atoms with Crippen molar-refractivity contribution < 1.29 is 13.2 Å². The number of carbonyl (C=O) groups excluding carboxylic acids is 1. The molecule has 0 radical (unpaired) electrons. The van der Waals surface area contributed by atoms with E-state index in [4.69, 9.17) is 0 Å². The summed E-state index contributed by atoms with van der Waals surface area (Å²) in [6.45, 7) is 7.49. The molecule has 1 rings (SSSR count). The van der Waals surface area contributed by atoms with Crippen LogP contribution in [0.2, 0.25) is 0 Å². The Morgan fingerprint density at radius 3 is 2.12 bits per heavy atom. The number of hydrogen-bond donors (Lipinski definition) is 1. The van der Waals surface area contributed by atoms with E-state index < -0.39 is 15.4 Å². The van der Waals surface area contributed by atoms with E-state index in [1.165, 1.54) is 0 Å². The van der Waals surface area contributed by atoms with Crippen LogP contribution in [0.5, 0.6) is 0 Å². The van der Waals surface area contributed by atoms with Gasteiger partial charge in [-0.05, 0) is 20.3 Å². The minimum absolute atomic E-state index is 0.0160. The third-order valence-corrected chi connectivity index (χ3v) is 4.63. The molecule has 0 aliphatic carbocycles. The Morgan fingerprint density at radius 2 is 1.81 bits per heavy atom. The van der Waals surface area contributed by atoms with Crippen molar-refractivity contribution >= 4 is 15.6 Å². The van der Waals surface area contributed by atoms with Crippen molar-refractivity contribution in [3.05, 3.63) is 0 Å². The molecule has 1 aliphatic heterocycles. The van der Waals surface area contributed by atoms with Gasteiger partial charge < -0.3 is 5.32 Å². The van der Waals surface area contributed by atoms with Crippen LogP contribution < -0.4 is 5.32 Å². The Hall–Kier alpha value is -0.420. The van der Waals surface area contributed by atoms with Crippen LogP contribution in [-0.4, -0.2) is 37.3 Å². The summed E-state index contributed by atoms with van der Waals surface area (Å²) in [4.78, 5) is 12.2. The molecule has 16 heavy (non-hydrogen) atoms. The molecule has 0 spiro atoms. The van der Waals surface area contributed by atoms with Crippen LogP contribution >= 0.6 is 0 Å². The molecule has 0 amide bonds. The van der Waals surface area contributed by atoms with Gasteiger partial charge in [0, 0.05) is 12.0 Å². The van der Waals surface area contributed by atoms with E-state index in [1.54, 1.807) is 0 Å². The van der Waals surface area contributed by atoms with Crippen LogP contribution in [0.3, 0.4) is 0 Å². The summed E-state index contributed by atoms with van der Waals surface area (Å²) in [5.41, 5.74) is -0.846. The lowest BCUT2D eigenvalue weighted by Crippen LogP contribution is -2.57. The second kappa shape index (κ2) is 4.45. The molecule has 1 unspecified atom stereocenters. The highest BCUT2D eigenvalue weighted by atomic mass is 32.2.